The molecule has 9 heteroatoms. The number of methoxy groups -OCH3 is 2. The minimum atomic E-state index is -0.326. The van der Waals surface area contributed by atoms with Gasteiger partial charge in [-0.05, 0) is 30.5 Å². The Hall–Kier alpha value is -4.30. The van der Waals surface area contributed by atoms with Crippen molar-refractivity contribution in [2.45, 2.75) is 25.3 Å². The maximum absolute atomic E-state index is 13.3. The van der Waals surface area contributed by atoms with Crippen LogP contribution in [0, 0.1) is 0 Å². The molecule has 8 nitrogen and oxygen atoms in total. The van der Waals surface area contributed by atoms with Crippen molar-refractivity contribution in [3.63, 3.8) is 0 Å². The molecule has 1 aromatic heterocycles. The van der Waals surface area contributed by atoms with Gasteiger partial charge in [-0.1, -0.05) is 54.1 Å². The van der Waals surface area contributed by atoms with Gasteiger partial charge >= 0.3 is 0 Å². The Labute approximate surface area is 232 Å². The number of anilines is 1. The molecule has 1 heterocycles. The van der Waals surface area contributed by atoms with Crippen molar-refractivity contribution in [2.75, 3.05) is 26.1 Å². The Morgan fingerprint density at radius 1 is 1.00 bits per heavy atom. The Morgan fingerprint density at radius 2 is 1.67 bits per heavy atom. The molecule has 1 N–H and O–H groups in total. The molecule has 0 aliphatic heterocycles. The Bertz CT molecular complexity index is 1440. The van der Waals surface area contributed by atoms with Crippen molar-refractivity contribution < 1.29 is 19.1 Å². The molecular weight excluding hydrogens is 516 g/mol. The van der Waals surface area contributed by atoms with Crippen LogP contribution in [-0.2, 0) is 16.0 Å². The monoisotopic (exact) mass is 544 g/mol. The van der Waals surface area contributed by atoms with E-state index in [1.165, 1.54) is 0 Å². The minimum absolute atomic E-state index is 0.0547. The van der Waals surface area contributed by atoms with Crippen LogP contribution >= 0.6 is 11.6 Å². The number of carbonyl (C=O) groups excluding carboxylic acids is 2. The molecule has 2 amide bonds. The zero-order valence-corrected chi connectivity index (χ0v) is 22.5. The number of carbonyl (C=O) groups is 2. The summed E-state index contributed by atoms with van der Waals surface area (Å²) in [5.41, 5.74) is 3.08. The minimum Gasteiger partial charge on any atom is -0.497 e. The van der Waals surface area contributed by atoms with Gasteiger partial charge in [0.15, 0.2) is 0 Å². The fourth-order valence-corrected chi connectivity index (χ4v) is 4.48. The van der Waals surface area contributed by atoms with E-state index in [0.29, 0.717) is 33.9 Å². The first-order chi connectivity index (χ1) is 18.9. The van der Waals surface area contributed by atoms with Gasteiger partial charge in [-0.3, -0.25) is 19.5 Å². The molecule has 0 atom stereocenters. The first-order valence-corrected chi connectivity index (χ1v) is 13.0. The smallest absolute Gasteiger partial charge is 0.246 e. The van der Waals surface area contributed by atoms with Crippen molar-refractivity contribution in [1.82, 2.24) is 14.5 Å². The predicted molar refractivity (Wildman–Crippen MR) is 151 cm³/mol. The molecule has 1 aliphatic carbocycles. The summed E-state index contributed by atoms with van der Waals surface area (Å²) in [7, 11) is 3.15. The Balaban J connectivity index is 1.42. The summed E-state index contributed by atoms with van der Waals surface area (Å²) in [4.78, 5) is 32.8. The summed E-state index contributed by atoms with van der Waals surface area (Å²) in [5.74, 6) is 1.10. The number of halogens is 1. The molecule has 1 fully saturated rings. The average Bonchev–Trinajstić information content (AvgIpc) is 3.71. The van der Waals surface area contributed by atoms with Gasteiger partial charge in [0.05, 0.1) is 32.0 Å². The second kappa shape index (κ2) is 11.6. The van der Waals surface area contributed by atoms with Crippen LogP contribution in [-0.4, -0.2) is 53.1 Å². The van der Waals surface area contributed by atoms with Gasteiger partial charge in [0.1, 0.15) is 18.0 Å². The molecule has 0 unspecified atom stereocenters. The number of ether oxygens (including phenoxy) is 2. The summed E-state index contributed by atoms with van der Waals surface area (Å²) in [6.07, 6.45) is 3.87. The van der Waals surface area contributed by atoms with E-state index in [1.807, 2.05) is 60.8 Å². The third kappa shape index (κ3) is 6.41. The molecule has 4 aromatic rings. The van der Waals surface area contributed by atoms with E-state index in [4.69, 9.17) is 26.1 Å². The predicted octanol–water partition coefficient (Wildman–Crippen LogP) is 5.38. The summed E-state index contributed by atoms with van der Waals surface area (Å²) < 4.78 is 12.7. The highest BCUT2D eigenvalue weighted by Crippen LogP contribution is 2.31. The van der Waals surface area contributed by atoms with Crippen LogP contribution in [0.2, 0.25) is 5.02 Å². The van der Waals surface area contributed by atoms with E-state index in [2.05, 4.69) is 5.32 Å². The van der Waals surface area contributed by atoms with E-state index in [-0.39, 0.29) is 30.8 Å². The number of imidazole rings is 1. The van der Waals surface area contributed by atoms with Crippen LogP contribution in [0.1, 0.15) is 18.4 Å². The summed E-state index contributed by atoms with van der Waals surface area (Å²) in [5, 5.41) is 3.54. The van der Waals surface area contributed by atoms with Crippen LogP contribution in [0.5, 0.6) is 11.5 Å². The number of hydrogen-bond acceptors (Lipinski definition) is 5. The lowest BCUT2D eigenvalue weighted by atomic mass is 10.1. The van der Waals surface area contributed by atoms with Crippen molar-refractivity contribution >= 4 is 29.4 Å². The van der Waals surface area contributed by atoms with Gasteiger partial charge in [0.25, 0.3) is 0 Å². The fraction of sp³-hybridized carbons (Fsp3) is 0.233. The van der Waals surface area contributed by atoms with Crippen molar-refractivity contribution in [2.24, 2.45) is 0 Å². The van der Waals surface area contributed by atoms with Crippen LogP contribution < -0.4 is 14.8 Å². The molecule has 39 heavy (non-hydrogen) atoms. The topological polar surface area (TPSA) is 85.7 Å². The maximum Gasteiger partial charge on any atom is 0.246 e. The van der Waals surface area contributed by atoms with E-state index in [1.54, 1.807) is 41.9 Å². The molecule has 200 valence electrons. The Kier molecular flexibility index (Phi) is 7.84. The second-order valence-corrected chi connectivity index (χ2v) is 9.80. The number of benzene rings is 3. The lowest BCUT2D eigenvalue weighted by Crippen LogP contribution is -2.40. The average molecular weight is 545 g/mol. The normalized spacial score (nSPS) is 12.6. The molecule has 0 saturated heterocycles. The van der Waals surface area contributed by atoms with Gasteiger partial charge in [0.2, 0.25) is 17.8 Å². The zero-order chi connectivity index (χ0) is 27.4. The molecule has 1 saturated carbocycles. The third-order valence-electron chi connectivity index (χ3n) is 6.53. The van der Waals surface area contributed by atoms with Gasteiger partial charge < -0.3 is 14.4 Å². The van der Waals surface area contributed by atoms with Crippen LogP contribution in [0.15, 0.2) is 79.0 Å². The highest BCUT2D eigenvalue weighted by atomic mass is 35.5. The second-order valence-electron chi connectivity index (χ2n) is 9.36. The highest BCUT2D eigenvalue weighted by Gasteiger charge is 2.34. The van der Waals surface area contributed by atoms with Gasteiger partial charge in [0, 0.05) is 41.0 Å². The molecular formula is C30H29ClN4O4. The number of rotatable bonds is 10. The van der Waals surface area contributed by atoms with Crippen LogP contribution in [0.4, 0.5) is 5.95 Å². The quantitative estimate of drug-likeness (QED) is 0.290. The SMILES string of the molecule is COc1cc(OC)cc(-n2cc(-c3ccc(Cl)cc3)nc2NC(=O)CN(C(=O)Cc2ccccc2)C2CC2)c1. The largest absolute Gasteiger partial charge is 0.497 e. The number of aromatic nitrogens is 2. The van der Waals surface area contributed by atoms with Crippen LogP contribution in [0.25, 0.3) is 16.9 Å². The molecule has 0 bridgehead atoms. The van der Waals surface area contributed by atoms with Crippen LogP contribution in [0.3, 0.4) is 0 Å². The summed E-state index contributed by atoms with van der Waals surface area (Å²) in [6.45, 7) is -0.0547. The summed E-state index contributed by atoms with van der Waals surface area (Å²) >= 11 is 6.08. The molecule has 0 spiro atoms. The molecule has 5 rings (SSSR count). The zero-order valence-electron chi connectivity index (χ0n) is 21.8. The van der Waals surface area contributed by atoms with Crippen molar-refractivity contribution in [1.29, 1.82) is 0 Å². The van der Waals surface area contributed by atoms with Crippen molar-refractivity contribution in [3.05, 3.63) is 89.6 Å². The van der Waals surface area contributed by atoms with E-state index in [9.17, 15) is 9.59 Å². The third-order valence-corrected chi connectivity index (χ3v) is 6.78. The molecule has 1 aliphatic rings. The van der Waals surface area contributed by atoms with Gasteiger partial charge in [-0.25, -0.2) is 4.98 Å². The van der Waals surface area contributed by atoms with E-state index >= 15 is 0 Å². The van der Waals surface area contributed by atoms with Crippen molar-refractivity contribution in [3.8, 4) is 28.4 Å². The van der Waals surface area contributed by atoms with E-state index in [0.717, 1.165) is 24.0 Å². The molecule has 3 aromatic carbocycles. The fourth-order valence-electron chi connectivity index (χ4n) is 4.35. The first kappa shape index (κ1) is 26.3. The number of nitrogens with one attached hydrogen (secondary N) is 1. The number of hydrogen-bond donors (Lipinski definition) is 1. The maximum atomic E-state index is 13.3. The first-order valence-electron chi connectivity index (χ1n) is 12.7. The van der Waals surface area contributed by atoms with E-state index < -0.39 is 0 Å². The standard InChI is InChI=1S/C30H29ClN4O4/c1-38-25-15-24(16-26(17-25)39-2)35-18-27(21-8-10-22(31)11-9-21)32-30(35)33-28(36)19-34(23-12-13-23)29(37)14-20-6-4-3-5-7-20/h3-11,15-18,23H,12-14,19H2,1-2H3,(H,32,33,36). The molecule has 0 radical (unpaired) electrons. The Morgan fingerprint density at radius 3 is 2.28 bits per heavy atom. The highest BCUT2D eigenvalue weighted by molar-refractivity contribution is 6.30. The lowest BCUT2D eigenvalue weighted by Gasteiger charge is -2.22. The number of nitrogens with zero attached hydrogens (tertiary/aromatic N) is 3. The number of amides is 2. The summed E-state index contributed by atoms with van der Waals surface area (Å²) in [6, 6.07) is 22.4. The van der Waals surface area contributed by atoms with Gasteiger partial charge in [-0.2, -0.15) is 0 Å². The van der Waals surface area contributed by atoms with Gasteiger partial charge in [-0.15, -0.1) is 0 Å². The lowest BCUT2D eigenvalue weighted by molar-refractivity contribution is -0.134.